The molecule has 0 atom stereocenters. The van der Waals surface area contributed by atoms with Gasteiger partial charge in [-0.1, -0.05) is 37.3 Å². The van der Waals surface area contributed by atoms with Gasteiger partial charge in [-0.05, 0) is 26.5 Å². The molecule has 0 unspecified atom stereocenters. The van der Waals surface area contributed by atoms with E-state index in [1.807, 2.05) is 32.0 Å². The molecule has 1 N–H and O–H groups in total. The molecule has 0 amide bonds. The highest BCUT2D eigenvalue weighted by molar-refractivity contribution is 5.57. The van der Waals surface area contributed by atoms with E-state index in [-0.39, 0.29) is 6.10 Å². The van der Waals surface area contributed by atoms with Crippen molar-refractivity contribution in [1.82, 2.24) is 5.32 Å². The van der Waals surface area contributed by atoms with Crippen molar-refractivity contribution >= 4 is 6.08 Å². The number of hydrogen-bond donors (Lipinski definition) is 1. The first-order chi connectivity index (χ1) is 7.74. The van der Waals surface area contributed by atoms with Gasteiger partial charge in [-0.25, -0.2) is 0 Å². The van der Waals surface area contributed by atoms with E-state index in [0.717, 1.165) is 24.4 Å². The van der Waals surface area contributed by atoms with Crippen LogP contribution < -0.4 is 10.1 Å². The fraction of sp³-hybridized carbons (Fsp3) is 0.429. The largest absolute Gasteiger partial charge is 0.490 e. The predicted molar refractivity (Wildman–Crippen MR) is 69.8 cm³/mol. The predicted octanol–water partition coefficient (Wildman–Crippen LogP) is 3.10. The maximum atomic E-state index is 5.73. The molecular weight excluding hydrogens is 198 g/mol. The first-order valence-corrected chi connectivity index (χ1v) is 5.87. The molecule has 0 spiro atoms. The third kappa shape index (κ3) is 4.49. The van der Waals surface area contributed by atoms with Crippen molar-refractivity contribution < 1.29 is 4.74 Å². The lowest BCUT2D eigenvalue weighted by Gasteiger charge is -2.12. The number of rotatable bonds is 6. The van der Waals surface area contributed by atoms with Crippen LogP contribution in [0.5, 0.6) is 5.75 Å². The van der Waals surface area contributed by atoms with E-state index in [2.05, 4.69) is 30.5 Å². The molecule has 1 rings (SSSR count). The summed E-state index contributed by atoms with van der Waals surface area (Å²) in [7, 11) is 0. The molecule has 0 aliphatic carbocycles. The minimum atomic E-state index is 0.211. The van der Waals surface area contributed by atoms with Crippen LogP contribution in [0.2, 0.25) is 0 Å². The normalized spacial score (nSPS) is 11.2. The standard InChI is InChI=1S/C14H21NO/c1-4-15-11-7-9-13-8-5-6-10-14(13)16-12(2)3/h5-10,12,15H,4,11H2,1-3H3. The summed E-state index contributed by atoms with van der Waals surface area (Å²) in [6.45, 7) is 8.07. The third-order valence-electron chi connectivity index (χ3n) is 2.09. The van der Waals surface area contributed by atoms with E-state index < -0.39 is 0 Å². The maximum absolute atomic E-state index is 5.73. The van der Waals surface area contributed by atoms with Crippen LogP contribution in [-0.2, 0) is 0 Å². The summed E-state index contributed by atoms with van der Waals surface area (Å²) in [5.74, 6) is 0.949. The van der Waals surface area contributed by atoms with Crippen molar-refractivity contribution in [2.24, 2.45) is 0 Å². The Morgan fingerprint density at radius 3 is 2.75 bits per heavy atom. The molecule has 1 aromatic rings. The highest BCUT2D eigenvalue weighted by Gasteiger charge is 2.01. The lowest BCUT2D eigenvalue weighted by Crippen LogP contribution is -2.11. The second kappa shape index (κ2) is 7.07. The molecule has 0 aliphatic rings. The smallest absolute Gasteiger partial charge is 0.126 e. The molecule has 0 bridgehead atoms. The summed E-state index contributed by atoms with van der Waals surface area (Å²) in [5, 5.41) is 3.25. The van der Waals surface area contributed by atoms with Gasteiger partial charge >= 0.3 is 0 Å². The molecule has 0 heterocycles. The zero-order chi connectivity index (χ0) is 11.8. The maximum Gasteiger partial charge on any atom is 0.126 e. The lowest BCUT2D eigenvalue weighted by atomic mass is 10.2. The Hall–Kier alpha value is -1.28. The lowest BCUT2D eigenvalue weighted by molar-refractivity contribution is 0.242. The quantitative estimate of drug-likeness (QED) is 0.742. The van der Waals surface area contributed by atoms with E-state index >= 15 is 0 Å². The zero-order valence-corrected chi connectivity index (χ0v) is 10.4. The molecule has 88 valence electrons. The summed E-state index contributed by atoms with van der Waals surface area (Å²) in [5.41, 5.74) is 1.13. The van der Waals surface area contributed by atoms with Gasteiger partial charge in [0.2, 0.25) is 0 Å². The van der Waals surface area contributed by atoms with Crippen molar-refractivity contribution in [2.75, 3.05) is 13.1 Å². The molecular formula is C14H21NO. The summed E-state index contributed by atoms with van der Waals surface area (Å²) in [6, 6.07) is 8.10. The van der Waals surface area contributed by atoms with E-state index in [4.69, 9.17) is 4.74 Å². The molecule has 0 radical (unpaired) electrons. The summed E-state index contributed by atoms with van der Waals surface area (Å²) < 4.78 is 5.73. The summed E-state index contributed by atoms with van der Waals surface area (Å²) in [6.07, 6.45) is 4.43. The average molecular weight is 219 g/mol. The van der Waals surface area contributed by atoms with Crippen LogP contribution in [0.4, 0.5) is 0 Å². The minimum Gasteiger partial charge on any atom is -0.490 e. The van der Waals surface area contributed by atoms with Crippen LogP contribution in [0.1, 0.15) is 26.3 Å². The van der Waals surface area contributed by atoms with Crippen LogP contribution >= 0.6 is 0 Å². The van der Waals surface area contributed by atoms with Gasteiger partial charge in [0, 0.05) is 12.1 Å². The Morgan fingerprint density at radius 1 is 1.31 bits per heavy atom. The molecule has 16 heavy (non-hydrogen) atoms. The number of para-hydroxylation sites is 1. The van der Waals surface area contributed by atoms with Crippen LogP contribution in [0.3, 0.4) is 0 Å². The number of benzene rings is 1. The van der Waals surface area contributed by atoms with E-state index in [1.54, 1.807) is 0 Å². The Labute approximate surface area is 98.3 Å². The summed E-state index contributed by atoms with van der Waals surface area (Å²) in [4.78, 5) is 0. The molecule has 0 saturated heterocycles. The van der Waals surface area contributed by atoms with Gasteiger partial charge in [-0.3, -0.25) is 0 Å². The number of likely N-dealkylation sites (N-methyl/N-ethyl adjacent to an activating group) is 1. The molecule has 0 aliphatic heterocycles. The third-order valence-corrected chi connectivity index (χ3v) is 2.09. The van der Waals surface area contributed by atoms with Crippen LogP contribution in [-0.4, -0.2) is 19.2 Å². The first-order valence-electron chi connectivity index (χ1n) is 5.87. The fourth-order valence-electron chi connectivity index (χ4n) is 1.39. The highest BCUT2D eigenvalue weighted by Crippen LogP contribution is 2.20. The Balaban J connectivity index is 2.66. The topological polar surface area (TPSA) is 21.3 Å². The van der Waals surface area contributed by atoms with E-state index in [0.29, 0.717) is 0 Å². The zero-order valence-electron chi connectivity index (χ0n) is 10.4. The average Bonchev–Trinajstić information content (AvgIpc) is 2.26. The highest BCUT2D eigenvalue weighted by atomic mass is 16.5. The Bertz CT molecular complexity index is 331. The Kier molecular flexibility index (Phi) is 5.65. The van der Waals surface area contributed by atoms with Gasteiger partial charge < -0.3 is 10.1 Å². The number of ether oxygens (including phenoxy) is 1. The number of hydrogen-bond acceptors (Lipinski definition) is 2. The van der Waals surface area contributed by atoms with Gasteiger partial charge in [-0.2, -0.15) is 0 Å². The molecule has 0 aromatic heterocycles. The van der Waals surface area contributed by atoms with Crippen LogP contribution in [0, 0.1) is 0 Å². The van der Waals surface area contributed by atoms with Crippen molar-refractivity contribution in [1.29, 1.82) is 0 Å². The van der Waals surface area contributed by atoms with Gasteiger partial charge in [-0.15, -0.1) is 0 Å². The van der Waals surface area contributed by atoms with E-state index in [9.17, 15) is 0 Å². The number of nitrogens with one attached hydrogen (secondary N) is 1. The molecule has 2 nitrogen and oxygen atoms in total. The summed E-state index contributed by atoms with van der Waals surface area (Å²) >= 11 is 0. The SMILES string of the molecule is CCNCC=Cc1ccccc1OC(C)C. The molecule has 2 heteroatoms. The van der Waals surface area contributed by atoms with Gasteiger partial charge in [0.1, 0.15) is 5.75 Å². The second-order valence-corrected chi connectivity index (χ2v) is 3.91. The van der Waals surface area contributed by atoms with Gasteiger partial charge in [0.15, 0.2) is 0 Å². The van der Waals surface area contributed by atoms with Crippen molar-refractivity contribution in [3.8, 4) is 5.75 Å². The van der Waals surface area contributed by atoms with Crippen molar-refractivity contribution in [3.63, 3.8) is 0 Å². The van der Waals surface area contributed by atoms with Gasteiger partial charge in [0.25, 0.3) is 0 Å². The van der Waals surface area contributed by atoms with Crippen LogP contribution in [0.25, 0.3) is 6.08 Å². The molecule has 0 fully saturated rings. The van der Waals surface area contributed by atoms with Crippen molar-refractivity contribution in [2.45, 2.75) is 26.9 Å². The minimum absolute atomic E-state index is 0.211. The Morgan fingerprint density at radius 2 is 2.06 bits per heavy atom. The van der Waals surface area contributed by atoms with Crippen LogP contribution in [0.15, 0.2) is 30.3 Å². The van der Waals surface area contributed by atoms with E-state index in [1.165, 1.54) is 0 Å². The van der Waals surface area contributed by atoms with Gasteiger partial charge in [0.05, 0.1) is 6.10 Å². The monoisotopic (exact) mass is 219 g/mol. The molecule has 1 aromatic carbocycles. The second-order valence-electron chi connectivity index (χ2n) is 3.91. The molecule has 0 saturated carbocycles. The van der Waals surface area contributed by atoms with Crippen molar-refractivity contribution in [3.05, 3.63) is 35.9 Å². The first kappa shape index (κ1) is 12.8. The fourth-order valence-corrected chi connectivity index (χ4v) is 1.39.